The van der Waals surface area contributed by atoms with Crippen LogP contribution in [0.3, 0.4) is 0 Å². The van der Waals surface area contributed by atoms with Gasteiger partial charge in [0.15, 0.2) is 28.2 Å². The minimum Gasteiger partial charge on any atom is -0.497 e. The summed E-state index contributed by atoms with van der Waals surface area (Å²) in [5.74, 6) is 2.64. The van der Waals surface area contributed by atoms with Crippen molar-refractivity contribution in [2.45, 2.75) is 12.6 Å². The summed E-state index contributed by atoms with van der Waals surface area (Å²) >= 11 is 5.34. The second kappa shape index (κ2) is 8.58. The number of carbonyl (C=O) groups excluding carboxylic acids is 1. The van der Waals surface area contributed by atoms with Crippen LogP contribution in [-0.2, 0) is 11.3 Å². The number of fused-ring (bicyclic) bond motifs is 1. The minimum atomic E-state index is -0.243. The fourth-order valence-corrected chi connectivity index (χ4v) is 3.44. The number of methoxy groups -OCH3 is 1. The normalized spacial score (nSPS) is 14.9. The van der Waals surface area contributed by atoms with Crippen LogP contribution in [0.4, 0.5) is 0 Å². The molecule has 3 aromatic rings. The second-order valence-electron chi connectivity index (χ2n) is 6.94. The molecule has 0 bridgehead atoms. The molecule has 0 saturated carbocycles. The predicted octanol–water partition coefficient (Wildman–Crippen LogP) is 2.91. The van der Waals surface area contributed by atoms with Gasteiger partial charge in [-0.2, -0.15) is 5.10 Å². The molecule has 1 aliphatic heterocycles. The van der Waals surface area contributed by atoms with Gasteiger partial charge < -0.3 is 19.1 Å². The van der Waals surface area contributed by atoms with Crippen molar-refractivity contribution in [1.29, 1.82) is 0 Å². The lowest BCUT2D eigenvalue weighted by Gasteiger charge is -2.29. The molecule has 0 fully saturated rings. The fraction of sp³-hybridized carbons (Fsp3) is 0.286. The number of rotatable bonds is 6. The van der Waals surface area contributed by atoms with E-state index in [-0.39, 0.29) is 18.6 Å². The molecule has 9 heteroatoms. The Hall–Kier alpha value is -3.33. The quantitative estimate of drug-likeness (QED) is 0.611. The molecule has 2 aromatic carbocycles. The van der Waals surface area contributed by atoms with Gasteiger partial charge in [0.05, 0.1) is 13.7 Å². The summed E-state index contributed by atoms with van der Waals surface area (Å²) in [4.78, 5) is 14.5. The van der Waals surface area contributed by atoms with Gasteiger partial charge in [-0.1, -0.05) is 12.1 Å². The standard InChI is InChI=1S/C21H22N4O4S/c1-24(11-16-13-28-17-5-3-4-6-18(17)29-16)19(26)12-25-20(22-23-21(25)30)14-7-9-15(27-2)10-8-14/h3-10,16H,11-13H2,1-2H3,(H,23,30). The number of carbonyl (C=O) groups is 1. The number of hydrogen-bond donors (Lipinski definition) is 1. The Balaban J connectivity index is 1.44. The number of benzene rings is 2. The van der Waals surface area contributed by atoms with Gasteiger partial charge in [-0.25, -0.2) is 0 Å². The smallest absolute Gasteiger partial charge is 0.242 e. The first kappa shape index (κ1) is 20.0. The van der Waals surface area contributed by atoms with E-state index in [1.807, 2.05) is 48.5 Å². The van der Waals surface area contributed by atoms with Crippen molar-refractivity contribution in [3.63, 3.8) is 0 Å². The summed E-state index contributed by atoms with van der Waals surface area (Å²) in [6, 6.07) is 14.9. The molecule has 1 aliphatic rings. The molecule has 1 N–H and O–H groups in total. The number of aromatic amines is 1. The molecule has 1 aromatic heterocycles. The average molecular weight is 426 g/mol. The molecule has 0 spiro atoms. The zero-order chi connectivity index (χ0) is 21.1. The van der Waals surface area contributed by atoms with Crippen LogP contribution < -0.4 is 14.2 Å². The van der Waals surface area contributed by atoms with Crippen LogP contribution in [0.15, 0.2) is 48.5 Å². The summed E-state index contributed by atoms with van der Waals surface area (Å²) < 4.78 is 18.9. The van der Waals surface area contributed by atoms with E-state index in [9.17, 15) is 4.79 Å². The fourth-order valence-electron chi connectivity index (χ4n) is 3.24. The van der Waals surface area contributed by atoms with Crippen molar-refractivity contribution in [3.8, 4) is 28.6 Å². The van der Waals surface area contributed by atoms with Gasteiger partial charge in [-0.15, -0.1) is 0 Å². The molecular formula is C21H22N4O4S. The van der Waals surface area contributed by atoms with Gasteiger partial charge in [0.1, 0.15) is 18.9 Å². The van der Waals surface area contributed by atoms with Gasteiger partial charge in [-0.3, -0.25) is 14.5 Å². The highest BCUT2D eigenvalue weighted by Gasteiger charge is 2.24. The number of H-pyrrole nitrogens is 1. The van der Waals surface area contributed by atoms with Crippen LogP contribution >= 0.6 is 12.2 Å². The number of aromatic nitrogens is 3. The van der Waals surface area contributed by atoms with E-state index in [0.717, 1.165) is 17.1 Å². The lowest BCUT2D eigenvalue weighted by molar-refractivity contribution is -0.131. The number of likely N-dealkylation sites (N-methyl/N-ethyl adjacent to an activating group) is 1. The van der Waals surface area contributed by atoms with Crippen LogP contribution in [0.2, 0.25) is 0 Å². The number of amides is 1. The highest BCUT2D eigenvalue weighted by atomic mass is 32.1. The van der Waals surface area contributed by atoms with Crippen LogP contribution in [0.25, 0.3) is 11.4 Å². The molecule has 0 saturated heterocycles. The number of hydrogen-bond acceptors (Lipinski definition) is 6. The third-order valence-electron chi connectivity index (χ3n) is 4.87. The Labute approximate surface area is 179 Å². The van der Waals surface area contributed by atoms with E-state index in [1.54, 1.807) is 23.6 Å². The Morgan fingerprint density at radius 3 is 2.73 bits per heavy atom. The number of ether oxygens (including phenoxy) is 3. The maximum atomic E-state index is 12.9. The summed E-state index contributed by atoms with van der Waals surface area (Å²) in [6.07, 6.45) is -0.243. The van der Waals surface area contributed by atoms with Crippen molar-refractivity contribution in [3.05, 3.63) is 53.3 Å². The van der Waals surface area contributed by atoms with Crippen molar-refractivity contribution >= 4 is 18.1 Å². The maximum absolute atomic E-state index is 12.9. The highest BCUT2D eigenvalue weighted by Crippen LogP contribution is 2.31. The monoisotopic (exact) mass is 426 g/mol. The Morgan fingerprint density at radius 1 is 1.27 bits per heavy atom. The largest absolute Gasteiger partial charge is 0.497 e. The van der Waals surface area contributed by atoms with Crippen molar-refractivity contribution < 1.29 is 19.0 Å². The Morgan fingerprint density at radius 2 is 2.00 bits per heavy atom. The first-order valence-corrected chi connectivity index (χ1v) is 9.88. The molecule has 1 amide bonds. The summed E-state index contributed by atoms with van der Waals surface area (Å²) in [6.45, 7) is 0.852. The second-order valence-corrected chi connectivity index (χ2v) is 7.33. The van der Waals surface area contributed by atoms with E-state index < -0.39 is 0 Å². The molecule has 1 unspecified atom stereocenters. The first-order valence-electron chi connectivity index (χ1n) is 9.47. The first-order chi connectivity index (χ1) is 14.5. The molecule has 4 rings (SSSR count). The van der Waals surface area contributed by atoms with Crippen molar-refractivity contribution in [1.82, 2.24) is 19.7 Å². The average Bonchev–Trinajstić information content (AvgIpc) is 3.13. The zero-order valence-electron chi connectivity index (χ0n) is 16.7. The van der Waals surface area contributed by atoms with Crippen molar-refractivity contribution in [2.24, 2.45) is 0 Å². The molecular weight excluding hydrogens is 404 g/mol. The molecule has 2 heterocycles. The van der Waals surface area contributed by atoms with Gasteiger partial charge in [0, 0.05) is 12.6 Å². The summed E-state index contributed by atoms with van der Waals surface area (Å²) in [5.41, 5.74) is 0.833. The number of para-hydroxylation sites is 2. The molecule has 0 radical (unpaired) electrons. The number of nitrogens with zero attached hydrogens (tertiary/aromatic N) is 3. The van der Waals surface area contributed by atoms with Gasteiger partial charge in [0.25, 0.3) is 0 Å². The SMILES string of the molecule is COc1ccc(-c2n[nH]c(=S)n2CC(=O)N(C)CC2COc3ccccc3O2)cc1. The topological polar surface area (TPSA) is 81.6 Å². The summed E-state index contributed by atoms with van der Waals surface area (Å²) in [5, 5.41) is 7.05. The van der Waals surface area contributed by atoms with Crippen LogP contribution in [-0.4, -0.2) is 59.0 Å². The molecule has 0 aliphatic carbocycles. The third-order valence-corrected chi connectivity index (χ3v) is 5.18. The van der Waals surface area contributed by atoms with E-state index >= 15 is 0 Å². The maximum Gasteiger partial charge on any atom is 0.242 e. The molecule has 8 nitrogen and oxygen atoms in total. The van der Waals surface area contributed by atoms with E-state index in [4.69, 9.17) is 26.4 Å². The lowest BCUT2D eigenvalue weighted by atomic mass is 10.2. The van der Waals surface area contributed by atoms with E-state index in [0.29, 0.717) is 29.5 Å². The van der Waals surface area contributed by atoms with E-state index in [2.05, 4.69) is 10.2 Å². The summed E-state index contributed by atoms with van der Waals surface area (Å²) in [7, 11) is 3.35. The lowest BCUT2D eigenvalue weighted by Crippen LogP contribution is -2.42. The Kier molecular flexibility index (Phi) is 5.71. The minimum absolute atomic E-state index is 0.0668. The van der Waals surface area contributed by atoms with Gasteiger partial charge >= 0.3 is 0 Å². The van der Waals surface area contributed by atoms with Crippen LogP contribution in [0, 0.1) is 4.77 Å². The Bertz CT molecular complexity index is 1090. The molecule has 30 heavy (non-hydrogen) atoms. The molecule has 156 valence electrons. The molecule has 1 atom stereocenters. The number of nitrogens with one attached hydrogen (secondary N) is 1. The predicted molar refractivity (Wildman–Crippen MR) is 113 cm³/mol. The highest BCUT2D eigenvalue weighted by molar-refractivity contribution is 7.71. The van der Waals surface area contributed by atoms with Crippen molar-refractivity contribution in [2.75, 3.05) is 27.3 Å². The van der Waals surface area contributed by atoms with Gasteiger partial charge in [0.2, 0.25) is 5.91 Å². The zero-order valence-corrected chi connectivity index (χ0v) is 17.5. The van der Waals surface area contributed by atoms with E-state index in [1.165, 1.54) is 0 Å². The van der Waals surface area contributed by atoms with Crippen LogP contribution in [0.1, 0.15) is 0 Å². The van der Waals surface area contributed by atoms with Crippen LogP contribution in [0.5, 0.6) is 17.2 Å². The third kappa shape index (κ3) is 4.16. The van der Waals surface area contributed by atoms with Gasteiger partial charge in [-0.05, 0) is 48.6 Å².